The fourth-order valence-corrected chi connectivity index (χ4v) is 6.54. The Hall–Kier alpha value is -2.53. The Morgan fingerprint density at radius 3 is 1.81 bits per heavy atom. The highest BCUT2D eigenvalue weighted by atomic mass is 32.2. The second kappa shape index (κ2) is 11.9. The minimum absolute atomic E-state index is 0.256. The van der Waals surface area contributed by atoms with Crippen molar-refractivity contribution < 1.29 is 13.5 Å². The summed E-state index contributed by atoms with van der Waals surface area (Å²) in [5.74, 6) is 0.302. The minimum Gasteiger partial charge on any atom is -0.507 e. The molecule has 0 spiro atoms. The number of fused-ring (bicyclic) bond motifs is 1. The van der Waals surface area contributed by atoms with Crippen molar-refractivity contribution in [2.45, 2.75) is 109 Å². The molecule has 0 aliphatic rings. The zero-order valence-corrected chi connectivity index (χ0v) is 24.3. The predicted molar refractivity (Wildman–Crippen MR) is 157 cm³/mol. The van der Waals surface area contributed by atoms with Gasteiger partial charge in [0.1, 0.15) is 5.75 Å². The molecule has 37 heavy (non-hydrogen) atoms. The summed E-state index contributed by atoms with van der Waals surface area (Å²) >= 11 is 0. The van der Waals surface area contributed by atoms with Crippen LogP contribution in [-0.2, 0) is 20.9 Å². The zero-order valence-electron chi connectivity index (χ0n) is 23.5. The van der Waals surface area contributed by atoms with E-state index in [4.69, 9.17) is 0 Å². The van der Waals surface area contributed by atoms with Gasteiger partial charge in [0.2, 0.25) is 0 Å². The highest BCUT2D eigenvalue weighted by Crippen LogP contribution is 2.45. The van der Waals surface area contributed by atoms with Gasteiger partial charge in [-0.2, -0.15) is 0 Å². The molecule has 3 aromatic carbocycles. The molecule has 2 N–H and O–H groups in total. The van der Waals surface area contributed by atoms with Gasteiger partial charge in [0.15, 0.2) is 0 Å². The van der Waals surface area contributed by atoms with Gasteiger partial charge in [-0.25, -0.2) is 8.42 Å². The third-order valence-corrected chi connectivity index (χ3v) is 9.11. The van der Waals surface area contributed by atoms with Crippen LogP contribution in [0.25, 0.3) is 10.8 Å². The predicted octanol–water partition coefficient (Wildman–Crippen LogP) is 9.06. The van der Waals surface area contributed by atoms with E-state index >= 15 is 0 Å². The summed E-state index contributed by atoms with van der Waals surface area (Å²) in [4.78, 5) is 0.256. The van der Waals surface area contributed by atoms with E-state index in [2.05, 4.69) is 46.3 Å². The van der Waals surface area contributed by atoms with Crippen molar-refractivity contribution in [1.29, 1.82) is 0 Å². The van der Waals surface area contributed by atoms with Crippen LogP contribution in [0, 0.1) is 0 Å². The fourth-order valence-electron chi connectivity index (χ4n) is 5.27. The van der Waals surface area contributed by atoms with Gasteiger partial charge in [0.05, 0.1) is 4.90 Å². The van der Waals surface area contributed by atoms with Crippen LogP contribution < -0.4 is 4.72 Å². The molecule has 0 amide bonds. The van der Waals surface area contributed by atoms with Gasteiger partial charge >= 0.3 is 0 Å². The zero-order chi connectivity index (χ0) is 27.3. The highest BCUT2D eigenvalue weighted by Gasteiger charge is 2.32. The number of hydrogen-bond donors (Lipinski definition) is 2. The van der Waals surface area contributed by atoms with Crippen molar-refractivity contribution in [3.05, 3.63) is 65.7 Å². The van der Waals surface area contributed by atoms with Crippen LogP contribution in [0.5, 0.6) is 5.75 Å². The van der Waals surface area contributed by atoms with E-state index in [0.29, 0.717) is 16.8 Å². The normalized spacial score (nSPS) is 12.7. The molecule has 0 aromatic heterocycles. The van der Waals surface area contributed by atoms with Crippen molar-refractivity contribution in [2.75, 3.05) is 4.72 Å². The lowest BCUT2D eigenvalue weighted by Gasteiger charge is -2.32. The van der Waals surface area contributed by atoms with E-state index in [1.165, 1.54) is 0 Å². The van der Waals surface area contributed by atoms with Crippen molar-refractivity contribution in [2.24, 2.45) is 0 Å². The fraction of sp³-hybridized carbons (Fsp3) is 0.500. The second-order valence-corrected chi connectivity index (χ2v) is 13.3. The molecule has 0 aliphatic heterocycles. The lowest BCUT2D eigenvalue weighted by atomic mass is 9.73. The number of sulfonamides is 1. The standard InChI is InChI=1S/C32H45NO3S/c1-7-9-13-20-31(3,4)27-22-25(23-28(30(27)34)32(5,6)21-14-10-8-2)33-37(35,36)29-19-15-17-24-16-11-12-18-26(24)29/h11-12,15-19,22-23,33-34H,7-10,13-14,20-21H2,1-6H3. The van der Waals surface area contributed by atoms with Gasteiger partial charge in [0, 0.05) is 22.2 Å². The number of phenolic OH excluding ortho intramolecular Hbond substituents is 1. The number of unbranched alkanes of at least 4 members (excludes halogenated alkanes) is 4. The second-order valence-electron chi connectivity index (χ2n) is 11.7. The summed E-state index contributed by atoms with van der Waals surface area (Å²) in [5, 5.41) is 13.1. The largest absolute Gasteiger partial charge is 0.507 e. The number of nitrogens with one attached hydrogen (secondary N) is 1. The molecule has 202 valence electrons. The smallest absolute Gasteiger partial charge is 0.262 e. The van der Waals surface area contributed by atoms with Gasteiger partial charge in [-0.1, -0.05) is 116 Å². The molecule has 3 rings (SSSR count). The molecule has 0 radical (unpaired) electrons. The Bertz CT molecular complexity index is 1260. The van der Waals surface area contributed by atoms with E-state index in [1.807, 2.05) is 42.5 Å². The van der Waals surface area contributed by atoms with Crippen LogP contribution in [0.3, 0.4) is 0 Å². The number of benzene rings is 3. The van der Waals surface area contributed by atoms with Crippen LogP contribution in [-0.4, -0.2) is 13.5 Å². The molecule has 0 unspecified atom stereocenters. The lowest BCUT2D eigenvalue weighted by molar-refractivity contribution is 0.381. The van der Waals surface area contributed by atoms with Crippen LogP contribution in [0.2, 0.25) is 0 Å². The number of rotatable bonds is 13. The Morgan fingerprint density at radius 2 is 1.27 bits per heavy atom. The maximum Gasteiger partial charge on any atom is 0.262 e. The molecular formula is C32H45NO3S. The minimum atomic E-state index is -3.85. The van der Waals surface area contributed by atoms with E-state index in [9.17, 15) is 13.5 Å². The van der Waals surface area contributed by atoms with Gasteiger partial charge in [0.25, 0.3) is 10.0 Å². The summed E-state index contributed by atoms with van der Waals surface area (Å²) in [6.45, 7) is 13.0. The van der Waals surface area contributed by atoms with Gasteiger partial charge in [-0.05, 0) is 47.3 Å². The number of hydrogen-bond acceptors (Lipinski definition) is 3. The van der Waals surface area contributed by atoms with Crippen molar-refractivity contribution in [3.8, 4) is 5.75 Å². The third kappa shape index (κ3) is 6.87. The van der Waals surface area contributed by atoms with Crippen molar-refractivity contribution >= 4 is 26.5 Å². The molecule has 5 heteroatoms. The van der Waals surface area contributed by atoms with E-state index < -0.39 is 10.0 Å². The third-order valence-electron chi connectivity index (χ3n) is 7.67. The first kappa shape index (κ1) is 29.0. The van der Waals surface area contributed by atoms with Gasteiger partial charge in [-0.15, -0.1) is 0 Å². The molecule has 0 bridgehead atoms. The first-order chi connectivity index (χ1) is 17.4. The number of anilines is 1. The number of aromatic hydroxyl groups is 1. The molecule has 0 fully saturated rings. The topological polar surface area (TPSA) is 66.4 Å². The summed E-state index contributed by atoms with van der Waals surface area (Å²) in [6, 6.07) is 16.6. The summed E-state index contributed by atoms with van der Waals surface area (Å²) in [7, 11) is -3.85. The Kier molecular flexibility index (Phi) is 9.33. The van der Waals surface area contributed by atoms with Crippen LogP contribution in [0.1, 0.15) is 104 Å². The molecule has 4 nitrogen and oxygen atoms in total. The summed E-state index contributed by atoms with van der Waals surface area (Å²) in [6.07, 6.45) is 8.48. The Labute approximate surface area is 224 Å². The number of phenols is 1. The average molecular weight is 524 g/mol. The van der Waals surface area contributed by atoms with Crippen molar-refractivity contribution in [3.63, 3.8) is 0 Å². The van der Waals surface area contributed by atoms with E-state index in [1.54, 1.807) is 12.1 Å². The molecule has 0 atom stereocenters. The van der Waals surface area contributed by atoms with Gasteiger partial charge in [-0.3, -0.25) is 4.72 Å². The van der Waals surface area contributed by atoms with Crippen LogP contribution in [0.4, 0.5) is 5.69 Å². The highest BCUT2D eigenvalue weighted by molar-refractivity contribution is 7.93. The molecule has 0 saturated carbocycles. The first-order valence-corrected chi connectivity index (χ1v) is 15.3. The van der Waals surface area contributed by atoms with Crippen molar-refractivity contribution in [1.82, 2.24) is 0 Å². The molecule has 0 saturated heterocycles. The maximum absolute atomic E-state index is 13.7. The SMILES string of the molecule is CCCCCC(C)(C)c1cc(NS(=O)(=O)c2cccc3ccccc23)cc(C(C)(C)CCCCC)c1O. The molecular weight excluding hydrogens is 478 g/mol. The quantitative estimate of drug-likeness (QED) is 0.173. The lowest BCUT2D eigenvalue weighted by Crippen LogP contribution is -2.23. The first-order valence-electron chi connectivity index (χ1n) is 13.8. The summed E-state index contributed by atoms with van der Waals surface area (Å²) in [5.41, 5.74) is 1.52. The van der Waals surface area contributed by atoms with E-state index in [0.717, 1.165) is 67.9 Å². The van der Waals surface area contributed by atoms with Crippen LogP contribution >= 0.6 is 0 Å². The Balaban J connectivity index is 2.11. The molecule has 3 aromatic rings. The Morgan fingerprint density at radius 1 is 0.757 bits per heavy atom. The van der Waals surface area contributed by atoms with E-state index in [-0.39, 0.29) is 15.7 Å². The van der Waals surface area contributed by atoms with Gasteiger partial charge < -0.3 is 5.11 Å². The molecule has 0 heterocycles. The molecule has 0 aliphatic carbocycles. The maximum atomic E-state index is 13.7. The monoisotopic (exact) mass is 523 g/mol. The van der Waals surface area contributed by atoms with Crippen LogP contribution in [0.15, 0.2) is 59.5 Å². The average Bonchev–Trinajstić information content (AvgIpc) is 2.84. The summed E-state index contributed by atoms with van der Waals surface area (Å²) < 4.78 is 30.2.